The van der Waals surface area contributed by atoms with Crippen LogP contribution in [0, 0.1) is 6.07 Å². The van der Waals surface area contributed by atoms with E-state index >= 15 is 0 Å². The zero-order valence-corrected chi connectivity index (χ0v) is 79.8. The summed E-state index contributed by atoms with van der Waals surface area (Å²) in [6.45, 7) is 0.145. The van der Waals surface area contributed by atoms with E-state index in [4.69, 9.17) is 14.2 Å². The summed E-state index contributed by atoms with van der Waals surface area (Å²) < 4.78 is 20.8. The standard InChI is InChI=1S/C23H18O3.C23H16O2.C23H18O2.C22H16O.C14H9Br.C14H9.C9H8O3.Li/c1-26-22(24)23(25,17-10-3-2-4-11-17)21-15-16-9-5-6-12-18(16)19-13-7-8-14-20(19)21;1-25-23(24)22-19-13-7-6-12-18(19)20-16-10-4-2-8-14(16)15-9-3-5-11-17(15)21(20)22;1-25-23(24)22(16-9-3-2-4-10-16)21-15-17-11-5-6-12-18(17)19-13-7-8-14-20(19)21;23-13-20-16-9-3-6-12-19(16)21-17-10-4-1-7-14(17)15-8-2-5-11-18(15)22(20)21;15-14-9-10-5-1-2-6-11(10)12-7-3-4-8-13(12)14;1-3-7-13-11(5-1)9-10-12-6-2-4-8-14(12)13;1-12-9(11)8(10)7-5-3-2-4-6-7;/h2-15,25H,1H3;2-13,22H,1H3;2-15,22H,1H3;1-12,20,23H,13H2;1-9H;1-9H;2-6H,1H3;/q;;;;;-1;;+1. The van der Waals surface area contributed by atoms with Gasteiger partial charge in [0.05, 0.1) is 35.0 Å². The maximum absolute atomic E-state index is 12.7. The number of ketones is 1. The Morgan fingerprint density at radius 3 is 1.23 bits per heavy atom. The summed E-state index contributed by atoms with van der Waals surface area (Å²) in [7, 11) is 5.39. The Hall–Kier alpha value is -16.3. The largest absolute Gasteiger partial charge is 1.00 e. The third-order valence-electron chi connectivity index (χ3n) is 26.5. The molecule has 4 unspecified atom stereocenters. The Morgan fingerprint density at radius 1 is 0.340 bits per heavy atom. The minimum Gasteiger partial charge on any atom is -0.468 e. The van der Waals surface area contributed by atoms with Crippen LogP contribution in [0.1, 0.15) is 72.6 Å². The molecule has 0 bridgehead atoms. The number of aliphatic hydroxyl groups is 2. The summed E-state index contributed by atoms with van der Waals surface area (Å²) >= 11 is 3.62. The number of aliphatic hydroxyl groups excluding tert-OH is 1. The molecule has 4 atom stereocenters. The molecule has 0 heterocycles. The number of Topliss-reactive ketones (excluding diaryl/α,β-unsaturated/α-hetero) is 1. The molecule has 0 aliphatic heterocycles. The summed E-state index contributed by atoms with van der Waals surface area (Å²) in [5.41, 5.74) is 10.9. The van der Waals surface area contributed by atoms with Gasteiger partial charge >= 0.3 is 42.7 Å². The third-order valence-corrected chi connectivity index (χ3v) is 27.2. The fourth-order valence-electron chi connectivity index (χ4n) is 20.2. The van der Waals surface area contributed by atoms with Crippen LogP contribution in [0.5, 0.6) is 0 Å². The molecule has 141 heavy (non-hydrogen) atoms. The number of carbonyl (C=O) groups excluding carboxylic acids is 5. The predicted molar refractivity (Wildman–Crippen MR) is 573 cm³/mol. The predicted octanol–water partition coefficient (Wildman–Crippen LogP) is 26.7. The number of fused-ring (bicyclic) bond motifs is 28. The van der Waals surface area contributed by atoms with Crippen LogP contribution in [0.2, 0.25) is 0 Å². The molecule has 0 aromatic heterocycles. The van der Waals surface area contributed by atoms with E-state index in [1.807, 2.05) is 146 Å². The normalized spacial score (nSPS) is 12.9. The molecule has 23 aromatic carbocycles. The molecule has 23 aromatic rings. The van der Waals surface area contributed by atoms with Gasteiger partial charge < -0.3 is 29.2 Å². The topological polar surface area (TPSA) is 163 Å². The molecule has 0 saturated carbocycles. The maximum Gasteiger partial charge on any atom is 1.00 e. The van der Waals surface area contributed by atoms with Gasteiger partial charge in [-0.3, -0.25) is 14.4 Å². The van der Waals surface area contributed by atoms with E-state index in [2.05, 4.69) is 282 Å². The van der Waals surface area contributed by atoms with Crippen molar-refractivity contribution in [3.05, 3.63) is 516 Å². The molecule has 25 rings (SSSR count). The first kappa shape index (κ1) is 95.1. The van der Waals surface area contributed by atoms with Gasteiger partial charge in [-0.05, 0) is 187 Å². The second-order valence-electron chi connectivity index (χ2n) is 34.2. The van der Waals surface area contributed by atoms with Crippen LogP contribution in [0.25, 0.3) is 152 Å². The Balaban J connectivity index is 0.000000110. The van der Waals surface area contributed by atoms with E-state index in [-0.39, 0.29) is 49.2 Å². The van der Waals surface area contributed by atoms with Gasteiger partial charge in [0.25, 0.3) is 5.78 Å². The number of esters is 4. The molecule has 13 heteroatoms. The summed E-state index contributed by atoms with van der Waals surface area (Å²) in [5, 5.41) is 50.1. The number of methoxy groups -OCH3 is 4. The second kappa shape index (κ2) is 42.8. The zero-order valence-electron chi connectivity index (χ0n) is 78.2. The van der Waals surface area contributed by atoms with Crippen molar-refractivity contribution in [2.45, 2.75) is 23.4 Å². The number of carbonyl (C=O) groups is 5. The van der Waals surface area contributed by atoms with Crippen molar-refractivity contribution in [1.29, 1.82) is 0 Å². The number of ether oxygens (including phenoxy) is 4. The van der Waals surface area contributed by atoms with Gasteiger partial charge in [-0.15, -0.1) is 35.0 Å². The van der Waals surface area contributed by atoms with Gasteiger partial charge in [0.2, 0.25) is 5.60 Å². The van der Waals surface area contributed by atoms with Gasteiger partial charge in [0.15, 0.2) is 0 Å². The van der Waals surface area contributed by atoms with E-state index in [1.54, 1.807) is 54.6 Å². The van der Waals surface area contributed by atoms with E-state index in [0.29, 0.717) is 16.7 Å². The molecule has 0 saturated heterocycles. The van der Waals surface area contributed by atoms with Crippen LogP contribution >= 0.6 is 15.9 Å². The molecule has 0 radical (unpaired) electrons. The van der Waals surface area contributed by atoms with Crippen LogP contribution in [-0.2, 0) is 43.7 Å². The van der Waals surface area contributed by atoms with Crippen LogP contribution < -0.4 is 18.9 Å². The molecular formula is C128H94BrLiO11. The first-order valence-electron chi connectivity index (χ1n) is 46.3. The molecule has 0 fully saturated rings. The molecule has 0 spiro atoms. The Morgan fingerprint density at radius 2 is 0.709 bits per heavy atom. The maximum atomic E-state index is 12.7. The summed E-state index contributed by atoms with van der Waals surface area (Å²) in [6.07, 6.45) is 0. The van der Waals surface area contributed by atoms with Crippen molar-refractivity contribution in [1.82, 2.24) is 0 Å². The van der Waals surface area contributed by atoms with Gasteiger partial charge in [-0.1, -0.05) is 445 Å². The van der Waals surface area contributed by atoms with Gasteiger partial charge in [0, 0.05) is 21.5 Å². The van der Waals surface area contributed by atoms with E-state index in [1.165, 1.54) is 142 Å². The summed E-state index contributed by atoms with van der Waals surface area (Å²) in [4.78, 5) is 60.0. The van der Waals surface area contributed by atoms with Crippen molar-refractivity contribution < 1.29 is 72.0 Å². The van der Waals surface area contributed by atoms with Crippen LogP contribution in [0.15, 0.2) is 459 Å². The molecule has 11 nitrogen and oxygen atoms in total. The number of hydrogen-bond acceptors (Lipinski definition) is 11. The SMILES string of the molecule is Brc1cc2ccccc2c2ccccc12.COC(=O)C(=O)c1ccccc1.COC(=O)C(O)(c1ccccc1)c1cc2ccccc2c2ccccc12.COC(=O)C(c1ccccc1)c1cc2ccccc2c2ccccc12.COC(=O)C1c2ccccc2-c2c1c1ccccc1c1ccccc21.OCC1c2ccccc2-c2c1c1ccccc1c1ccccc21.[Li+].[c-]1cc2ccccc2c2ccccc12. The van der Waals surface area contributed by atoms with E-state index in [9.17, 15) is 34.2 Å². The molecule has 680 valence electrons. The number of benzene rings is 23. The van der Waals surface area contributed by atoms with Gasteiger partial charge in [-0.2, -0.15) is 0 Å². The molecule has 2 aliphatic carbocycles. The summed E-state index contributed by atoms with van der Waals surface area (Å²) in [6, 6.07) is 155. The first-order valence-corrected chi connectivity index (χ1v) is 47.1. The van der Waals surface area contributed by atoms with Crippen LogP contribution in [0.3, 0.4) is 0 Å². The molecule has 2 aliphatic rings. The molecule has 0 amide bonds. The van der Waals surface area contributed by atoms with Crippen LogP contribution in [-0.4, -0.2) is 74.9 Å². The average molecular weight is 1890 g/mol. The monoisotopic (exact) mass is 1890 g/mol. The quantitative estimate of drug-likeness (QED) is 0.0255. The molecule has 2 N–H and O–H groups in total. The van der Waals surface area contributed by atoms with Crippen LogP contribution in [0.4, 0.5) is 0 Å². The van der Waals surface area contributed by atoms with E-state index < -0.39 is 29.2 Å². The Bertz CT molecular complexity index is 8600. The van der Waals surface area contributed by atoms with Crippen molar-refractivity contribution >= 4 is 175 Å². The number of halogens is 1. The fraction of sp³-hybridized carbons (Fsp3) is 0.0703. The second-order valence-corrected chi connectivity index (χ2v) is 35.1. The van der Waals surface area contributed by atoms with Crippen molar-refractivity contribution in [3.8, 4) is 22.3 Å². The van der Waals surface area contributed by atoms with Gasteiger partial charge in [0.1, 0.15) is 11.8 Å². The minimum atomic E-state index is -1.89. The van der Waals surface area contributed by atoms with E-state index in [0.717, 1.165) is 75.4 Å². The van der Waals surface area contributed by atoms with Gasteiger partial charge in [-0.25, -0.2) is 9.59 Å². The minimum absolute atomic E-state index is 0. The smallest absolute Gasteiger partial charge is 0.468 e. The fourth-order valence-corrected chi connectivity index (χ4v) is 20.8. The molecular weight excluding hydrogens is 1800 g/mol. The zero-order chi connectivity index (χ0) is 96.3. The Kier molecular flexibility index (Phi) is 28.8. The number of hydrogen-bond donors (Lipinski definition) is 2. The van der Waals surface area contributed by atoms with Crippen molar-refractivity contribution in [3.63, 3.8) is 0 Å². The third kappa shape index (κ3) is 18.5. The van der Waals surface area contributed by atoms with Crippen molar-refractivity contribution in [2.24, 2.45) is 0 Å². The Labute approximate surface area is 836 Å². The van der Waals surface area contributed by atoms with Crippen molar-refractivity contribution in [2.75, 3.05) is 35.0 Å². The first-order chi connectivity index (χ1) is 68.7. The summed E-state index contributed by atoms with van der Waals surface area (Å²) in [5.74, 6) is -3.34. The average Bonchev–Trinajstić information content (AvgIpc) is 1.58. The number of rotatable bonds is 10.